The summed E-state index contributed by atoms with van der Waals surface area (Å²) in [6, 6.07) is 14.7. The average Bonchev–Trinajstić information content (AvgIpc) is 3.27. The molecule has 1 N–H and O–H groups in total. The Morgan fingerprint density at radius 3 is 2.70 bits per heavy atom. The number of amides is 1. The molecule has 0 radical (unpaired) electrons. The summed E-state index contributed by atoms with van der Waals surface area (Å²) in [5.74, 6) is 0.742. The number of halogens is 2. The summed E-state index contributed by atoms with van der Waals surface area (Å²) >= 11 is 9.56. The standard InChI is InChI=1S/C24H22BrClN4O3/c1-14-22(25)15(2)30(28-14)12-17-6-4-8-19(10-17)27-24(31)23-21(16(3)33-29-23)13-32-20-9-5-7-18(26)11-20/h4-11H,12-13H2,1-3H3,(H,27,31). The molecular weight excluding hydrogens is 508 g/mol. The molecule has 4 aromatic rings. The number of aryl methyl sites for hydroxylation is 2. The second kappa shape index (κ2) is 9.80. The Balaban J connectivity index is 1.47. The highest BCUT2D eigenvalue weighted by molar-refractivity contribution is 9.10. The zero-order chi connectivity index (χ0) is 23.5. The van der Waals surface area contributed by atoms with Crippen LogP contribution in [-0.4, -0.2) is 20.8 Å². The van der Waals surface area contributed by atoms with Gasteiger partial charge in [-0.3, -0.25) is 9.48 Å². The van der Waals surface area contributed by atoms with E-state index in [2.05, 4.69) is 31.5 Å². The number of rotatable bonds is 7. The molecule has 0 bridgehead atoms. The third-order valence-electron chi connectivity index (χ3n) is 5.19. The summed E-state index contributed by atoms with van der Waals surface area (Å²) in [4.78, 5) is 13.0. The molecule has 0 spiro atoms. The van der Waals surface area contributed by atoms with E-state index in [1.807, 2.05) is 42.8 Å². The van der Waals surface area contributed by atoms with Crippen molar-refractivity contribution in [2.24, 2.45) is 0 Å². The van der Waals surface area contributed by atoms with Crippen molar-refractivity contribution in [2.75, 3.05) is 5.32 Å². The van der Waals surface area contributed by atoms with Crippen LogP contribution in [0.15, 0.2) is 57.5 Å². The Labute approximate surface area is 204 Å². The molecule has 170 valence electrons. The molecule has 1 amide bonds. The van der Waals surface area contributed by atoms with E-state index in [4.69, 9.17) is 20.9 Å². The van der Waals surface area contributed by atoms with E-state index in [1.54, 1.807) is 31.2 Å². The number of carbonyl (C=O) groups is 1. The molecule has 0 aliphatic carbocycles. The van der Waals surface area contributed by atoms with E-state index in [0.29, 0.717) is 34.3 Å². The molecule has 4 rings (SSSR count). The monoisotopic (exact) mass is 528 g/mol. The van der Waals surface area contributed by atoms with Crippen LogP contribution in [0.4, 0.5) is 5.69 Å². The number of benzene rings is 2. The van der Waals surface area contributed by atoms with Gasteiger partial charge in [0, 0.05) is 10.7 Å². The number of nitrogens with one attached hydrogen (secondary N) is 1. The number of ether oxygens (including phenoxy) is 1. The lowest BCUT2D eigenvalue weighted by Crippen LogP contribution is -2.15. The molecule has 0 aliphatic heterocycles. The van der Waals surface area contributed by atoms with Crippen molar-refractivity contribution in [3.05, 3.63) is 92.0 Å². The second-order valence-corrected chi connectivity index (χ2v) is 8.84. The van der Waals surface area contributed by atoms with Crippen LogP contribution in [0.25, 0.3) is 0 Å². The van der Waals surface area contributed by atoms with Crippen molar-refractivity contribution in [2.45, 2.75) is 33.9 Å². The fourth-order valence-corrected chi connectivity index (χ4v) is 3.86. The first kappa shape index (κ1) is 23.1. The van der Waals surface area contributed by atoms with Crippen molar-refractivity contribution in [1.82, 2.24) is 14.9 Å². The van der Waals surface area contributed by atoms with Crippen LogP contribution in [-0.2, 0) is 13.2 Å². The van der Waals surface area contributed by atoms with Crippen LogP contribution in [0.2, 0.25) is 5.02 Å². The highest BCUT2D eigenvalue weighted by Gasteiger charge is 2.21. The molecule has 33 heavy (non-hydrogen) atoms. The van der Waals surface area contributed by atoms with Crippen LogP contribution in [0.5, 0.6) is 5.75 Å². The normalized spacial score (nSPS) is 10.9. The summed E-state index contributed by atoms with van der Waals surface area (Å²) in [6.07, 6.45) is 0. The van der Waals surface area contributed by atoms with E-state index in [9.17, 15) is 4.79 Å². The lowest BCUT2D eigenvalue weighted by Gasteiger charge is -2.09. The first-order valence-corrected chi connectivity index (χ1v) is 11.4. The molecule has 0 atom stereocenters. The summed E-state index contributed by atoms with van der Waals surface area (Å²) in [5, 5.41) is 12.0. The third-order valence-corrected chi connectivity index (χ3v) is 6.57. The maximum absolute atomic E-state index is 13.0. The number of carbonyl (C=O) groups excluding carboxylic acids is 1. The third kappa shape index (κ3) is 5.29. The largest absolute Gasteiger partial charge is 0.489 e. The number of nitrogens with zero attached hydrogens (tertiary/aromatic N) is 3. The van der Waals surface area contributed by atoms with Gasteiger partial charge in [-0.2, -0.15) is 5.10 Å². The minimum atomic E-state index is -0.373. The molecule has 2 aromatic carbocycles. The highest BCUT2D eigenvalue weighted by Crippen LogP contribution is 2.23. The van der Waals surface area contributed by atoms with E-state index < -0.39 is 0 Å². The van der Waals surface area contributed by atoms with Crippen molar-refractivity contribution in [1.29, 1.82) is 0 Å². The Hall–Kier alpha value is -3.10. The first-order chi connectivity index (χ1) is 15.8. The Kier molecular flexibility index (Phi) is 6.85. The molecule has 0 fully saturated rings. The van der Waals surface area contributed by atoms with E-state index in [-0.39, 0.29) is 18.2 Å². The molecule has 0 unspecified atom stereocenters. The predicted molar refractivity (Wildman–Crippen MR) is 130 cm³/mol. The van der Waals surface area contributed by atoms with Gasteiger partial charge in [0.25, 0.3) is 5.91 Å². The topological polar surface area (TPSA) is 82.2 Å². The van der Waals surface area contributed by atoms with Crippen molar-refractivity contribution in [3.8, 4) is 5.75 Å². The van der Waals surface area contributed by atoms with Crippen LogP contribution >= 0.6 is 27.5 Å². The van der Waals surface area contributed by atoms with Gasteiger partial charge in [-0.15, -0.1) is 0 Å². The number of anilines is 1. The van der Waals surface area contributed by atoms with Gasteiger partial charge < -0.3 is 14.6 Å². The molecule has 2 heterocycles. The van der Waals surface area contributed by atoms with Crippen molar-refractivity contribution in [3.63, 3.8) is 0 Å². The van der Waals surface area contributed by atoms with E-state index >= 15 is 0 Å². The SMILES string of the molecule is Cc1nn(Cc2cccc(NC(=O)c3noc(C)c3COc3cccc(Cl)c3)c2)c(C)c1Br. The molecule has 0 saturated heterocycles. The van der Waals surface area contributed by atoms with Gasteiger partial charge in [0.05, 0.1) is 28.0 Å². The second-order valence-electron chi connectivity index (χ2n) is 7.61. The van der Waals surface area contributed by atoms with Gasteiger partial charge in [-0.05, 0) is 72.6 Å². The smallest absolute Gasteiger partial charge is 0.278 e. The molecular formula is C24H22BrClN4O3. The van der Waals surface area contributed by atoms with E-state index in [0.717, 1.165) is 21.4 Å². The van der Waals surface area contributed by atoms with Crippen molar-refractivity contribution < 1.29 is 14.1 Å². The number of hydrogen-bond acceptors (Lipinski definition) is 5. The van der Waals surface area contributed by atoms with Crippen LogP contribution < -0.4 is 10.1 Å². The maximum Gasteiger partial charge on any atom is 0.278 e. The fourth-order valence-electron chi connectivity index (χ4n) is 3.39. The molecule has 9 heteroatoms. The van der Waals surface area contributed by atoms with Crippen molar-refractivity contribution >= 4 is 39.1 Å². The lowest BCUT2D eigenvalue weighted by molar-refractivity contribution is 0.101. The molecule has 0 aliphatic rings. The van der Waals surface area contributed by atoms with Gasteiger partial charge in [-0.1, -0.05) is 35.0 Å². The van der Waals surface area contributed by atoms with Crippen LogP contribution in [0.3, 0.4) is 0 Å². The van der Waals surface area contributed by atoms with Gasteiger partial charge in [0.15, 0.2) is 5.69 Å². The zero-order valence-corrected chi connectivity index (χ0v) is 20.7. The number of aromatic nitrogens is 3. The Morgan fingerprint density at radius 1 is 1.18 bits per heavy atom. The van der Waals surface area contributed by atoms with E-state index in [1.165, 1.54) is 0 Å². The molecule has 0 saturated carbocycles. The van der Waals surface area contributed by atoms with Gasteiger partial charge in [-0.25, -0.2) is 0 Å². The maximum atomic E-state index is 13.0. The minimum absolute atomic E-state index is 0.130. The Bertz CT molecular complexity index is 1320. The average molecular weight is 530 g/mol. The van der Waals surface area contributed by atoms with Crippen LogP contribution in [0, 0.1) is 20.8 Å². The summed E-state index contributed by atoms with van der Waals surface area (Å²) < 4.78 is 14.0. The molecule has 2 aromatic heterocycles. The summed E-state index contributed by atoms with van der Waals surface area (Å²) in [5.41, 5.74) is 4.40. The zero-order valence-electron chi connectivity index (χ0n) is 18.4. The first-order valence-electron chi connectivity index (χ1n) is 10.2. The van der Waals surface area contributed by atoms with Crippen LogP contribution in [0.1, 0.15) is 38.8 Å². The molecule has 7 nitrogen and oxygen atoms in total. The quantitative estimate of drug-likeness (QED) is 0.313. The lowest BCUT2D eigenvalue weighted by atomic mass is 10.1. The van der Waals surface area contributed by atoms with Gasteiger partial charge in [0.2, 0.25) is 0 Å². The fraction of sp³-hybridized carbons (Fsp3) is 0.208. The number of hydrogen-bond donors (Lipinski definition) is 1. The Morgan fingerprint density at radius 2 is 1.97 bits per heavy atom. The van der Waals surface area contributed by atoms with Gasteiger partial charge >= 0.3 is 0 Å². The minimum Gasteiger partial charge on any atom is -0.489 e. The predicted octanol–water partition coefficient (Wildman–Crippen LogP) is 6.09. The summed E-state index contributed by atoms with van der Waals surface area (Å²) in [7, 11) is 0. The summed E-state index contributed by atoms with van der Waals surface area (Å²) in [6.45, 7) is 6.43. The van der Waals surface area contributed by atoms with Gasteiger partial charge in [0.1, 0.15) is 18.1 Å². The highest BCUT2D eigenvalue weighted by atomic mass is 79.9.